The van der Waals surface area contributed by atoms with Crippen molar-refractivity contribution < 1.29 is 23.9 Å². The number of carbonyl (C=O) groups excluding carboxylic acids is 3. The van der Waals surface area contributed by atoms with Crippen molar-refractivity contribution in [3.8, 4) is 0 Å². The Balaban J connectivity index is 1.34. The summed E-state index contributed by atoms with van der Waals surface area (Å²) in [5.41, 5.74) is 4.09. The van der Waals surface area contributed by atoms with Gasteiger partial charge in [-0.25, -0.2) is 9.59 Å². The van der Waals surface area contributed by atoms with Crippen LogP contribution in [0.5, 0.6) is 0 Å². The maximum atomic E-state index is 13.1. The number of piperazine rings is 1. The van der Waals surface area contributed by atoms with Crippen LogP contribution in [-0.2, 0) is 9.47 Å². The zero-order valence-electron chi connectivity index (χ0n) is 26.3. The molecule has 43 heavy (non-hydrogen) atoms. The fraction of sp³-hybridized carbons (Fsp3) is 0.485. The second-order valence-corrected chi connectivity index (χ2v) is 13.4. The Kier molecular flexibility index (Phi) is 9.64. The van der Waals surface area contributed by atoms with Crippen molar-refractivity contribution in [3.63, 3.8) is 0 Å². The number of aryl methyl sites for hydroxylation is 1. The Morgan fingerprint density at radius 3 is 1.98 bits per heavy atom. The first-order chi connectivity index (χ1) is 20.1. The van der Waals surface area contributed by atoms with Crippen LogP contribution in [0.15, 0.2) is 42.5 Å². The zero-order chi connectivity index (χ0) is 31.5. The van der Waals surface area contributed by atoms with Crippen LogP contribution in [0, 0.1) is 6.92 Å². The van der Waals surface area contributed by atoms with Gasteiger partial charge in [-0.05, 0) is 102 Å². The number of benzene rings is 2. The highest BCUT2D eigenvalue weighted by Gasteiger charge is 2.27. The number of nitrogens with zero attached hydrogens (tertiary/aromatic N) is 3. The summed E-state index contributed by atoms with van der Waals surface area (Å²) in [5.74, 6) is -0.250. The van der Waals surface area contributed by atoms with E-state index in [1.54, 1.807) is 21.9 Å². The van der Waals surface area contributed by atoms with Crippen LogP contribution >= 0.6 is 11.6 Å². The molecule has 232 valence electrons. The van der Waals surface area contributed by atoms with Crippen molar-refractivity contribution in [3.05, 3.63) is 64.2 Å². The van der Waals surface area contributed by atoms with Crippen LogP contribution in [-0.4, -0.2) is 78.4 Å². The van der Waals surface area contributed by atoms with E-state index < -0.39 is 11.2 Å². The lowest BCUT2D eigenvalue weighted by Crippen LogP contribution is -2.50. The van der Waals surface area contributed by atoms with Gasteiger partial charge < -0.3 is 29.5 Å². The highest BCUT2D eigenvalue weighted by Crippen LogP contribution is 2.31. The average molecular weight is 611 g/mol. The van der Waals surface area contributed by atoms with E-state index in [-0.39, 0.29) is 18.1 Å². The monoisotopic (exact) mass is 610 g/mol. The van der Waals surface area contributed by atoms with Gasteiger partial charge in [0.25, 0.3) is 5.91 Å². The minimum absolute atomic E-state index is 0.250. The largest absolute Gasteiger partial charge is 0.444 e. The third kappa shape index (κ3) is 8.66. The lowest BCUT2D eigenvalue weighted by molar-refractivity contribution is 0.0237. The molecule has 3 amide bonds. The second-order valence-electron chi connectivity index (χ2n) is 13.0. The molecule has 1 N–H and O–H groups in total. The van der Waals surface area contributed by atoms with Crippen molar-refractivity contribution >= 4 is 46.6 Å². The fourth-order valence-electron chi connectivity index (χ4n) is 5.07. The molecule has 0 spiro atoms. The molecule has 0 aromatic heterocycles. The van der Waals surface area contributed by atoms with Crippen molar-refractivity contribution in [2.24, 2.45) is 0 Å². The van der Waals surface area contributed by atoms with Crippen molar-refractivity contribution in [2.45, 2.75) is 66.1 Å². The Morgan fingerprint density at radius 1 is 0.814 bits per heavy atom. The maximum Gasteiger partial charge on any atom is 0.410 e. The lowest BCUT2D eigenvalue weighted by Gasteiger charge is -2.37. The predicted octanol–water partition coefficient (Wildman–Crippen LogP) is 6.98. The van der Waals surface area contributed by atoms with Gasteiger partial charge in [0, 0.05) is 61.2 Å². The first kappa shape index (κ1) is 32.2. The molecule has 10 heteroatoms. The third-order valence-corrected chi connectivity index (χ3v) is 7.48. The number of hydrogen-bond acceptors (Lipinski definition) is 6. The molecule has 2 aliphatic rings. The molecule has 0 radical (unpaired) electrons. The quantitative estimate of drug-likeness (QED) is 0.401. The van der Waals surface area contributed by atoms with Gasteiger partial charge in [-0.1, -0.05) is 23.7 Å². The van der Waals surface area contributed by atoms with E-state index in [2.05, 4.69) is 10.2 Å². The third-order valence-electron chi connectivity index (χ3n) is 7.16. The molecule has 0 saturated carbocycles. The number of hydrogen-bond donors (Lipinski definition) is 1. The molecule has 0 unspecified atom stereocenters. The van der Waals surface area contributed by atoms with E-state index in [0.717, 1.165) is 22.4 Å². The van der Waals surface area contributed by atoms with E-state index in [0.29, 0.717) is 62.0 Å². The van der Waals surface area contributed by atoms with E-state index in [1.165, 1.54) is 0 Å². The first-order valence-electron chi connectivity index (χ1n) is 14.7. The molecule has 2 aliphatic heterocycles. The van der Waals surface area contributed by atoms with Crippen LogP contribution in [0.4, 0.5) is 21.0 Å². The number of halogens is 1. The smallest absolute Gasteiger partial charge is 0.410 e. The fourth-order valence-corrected chi connectivity index (χ4v) is 5.37. The SMILES string of the molecule is Cc1cc(NC(=O)c2ccc(C3=CCN(C(=O)OC(C)(C)C)CC3)c(Cl)c2)ccc1N1CCN(C(=O)OC(C)(C)C)CC1. The first-order valence-corrected chi connectivity index (χ1v) is 15.1. The summed E-state index contributed by atoms with van der Waals surface area (Å²) in [4.78, 5) is 43.5. The van der Waals surface area contributed by atoms with Gasteiger partial charge in [0.15, 0.2) is 0 Å². The molecule has 1 saturated heterocycles. The molecule has 9 nitrogen and oxygen atoms in total. The van der Waals surface area contributed by atoms with E-state index in [1.807, 2.05) is 78.8 Å². The number of anilines is 2. The molecule has 2 aromatic carbocycles. The number of ether oxygens (including phenoxy) is 2. The van der Waals surface area contributed by atoms with Gasteiger partial charge in [0.2, 0.25) is 0 Å². The normalized spacial score (nSPS) is 16.0. The Morgan fingerprint density at radius 2 is 1.44 bits per heavy atom. The molecule has 4 rings (SSSR count). The summed E-state index contributed by atoms with van der Waals surface area (Å²) in [7, 11) is 0. The number of carbonyl (C=O) groups is 3. The summed E-state index contributed by atoms with van der Waals surface area (Å²) in [6.07, 6.45) is 2.02. The van der Waals surface area contributed by atoms with Crippen LogP contribution in [0.2, 0.25) is 5.02 Å². The Hall–Kier alpha value is -3.72. The number of amides is 3. The van der Waals surface area contributed by atoms with Crippen molar-refractivity contribution in [1.29, 1.82) is 0 Å². The second kappa shape index (κ2) is 12.9. The van der Waals surface area contributed by atoms with Crippen LogP contribution in [0.3, 0.4) is 0 Å². The summed E-state index contributed by atoms with van der Waals surface area (Å²) in [6, 6.07) is 11.1. The van der Waals surface area contributed by atoms with Gasteiger partial charge in [-0.3, -0.25) is 4.79 Å². The standard InChI is InChI=1S/C33H43ClN4O5/c1-22-20-25(9-11-28(22)36-16-18-38(19-17-36)31(41)43-33(5,6)7)35-29(39)24-8-10-26(27(34)21-24)23-12-14-37(15-13-23)30(40)42-32(2,3)4/h8-12,20-21H,13-19H2,1-7H3,(H,35,39). The molecular weight excluding hydrogens is 568 g/mol. The van der Waals surface area contributed by atoms with Gasteiger partial charge in [-0.15, -0.1) is 0 Å². The molecule has 0 aliphatic carbocycles. The molecule has 2 aromatic rings. The molecule has 0 atom stereocenters. The summed E-state index contributed by atoms with van der Waals surface area (Å²) >= 11 is 6.63. The number of rotatable bonds is 4. The molecule has 2 heterocycles. The molecule has 0 bridgehead atoms. The minimum atomic E-state index is -0.540. The van der Waals surface area contributed by atoms with Crippen LogP contribution in [0.25, 0.3) is 5.57 Å². The van der Waals surface area contributed by atoms with Crippen molar-refractivity contribution in [1.82, 2.24) is 9.80 Å². The maximum absolute atomic E-state index is 13.1. The minimum Gasteiger partial charge on any atom is -0.444 e. The van der Waals surface area contributed by atoms with E-state index in [9.17, 15) is 14.4 Å². The predicted molar refractivity (Wildman–Crippen MR) is 171 cm³/mol. The van der Waals surface area contributed by atoms with E-state index in [4.69, 9.17) is 21.1 Å². The van der Waals surface area contributed by atoms with Gasteiger partial charge in [0.05, 0.1) is 0 Å². The van der Waals surface area contributed by atoms with Crippen molar-refractivity contribution in [2.75, 3.05) is 49.5 Å². The summed E-state index contributed by atoms with van der Waals surface area (Å²) in [6.45, 7) is 16.7. The van der Waals surface area contributed by atoms with Gasteiger partial charge in [-0.2, -0.15) is 0 Å². The topological polar surface area (TPSA) is 91.4 Å². The van der Waals surface area contributed by atoms with Crippen LogP contribution < -0.4 is 10.2 Å². The average Bonchev–Trinajstić information content (AvgIpc) is 2.91. The van der Waals surface area contributed by atoms with Gasteiger partial charge in [0.1, 0.15) is 11.2 Å². The van der Waals surface area contributed by atoms with Gasteiger partial charge >= 0.3 is 12.2 Å². The molecular formula is C33H43ClN4O5. The molecule has 1 fully saturated rings. The van der Waals surface area contributed by atoms with Crippen LogP contribution in [0.1, 0.15) is 69.4 Å². The Bertz CT molecular complexity index is 1400. The number of nitrogens with one attached hydrogen (secondary N) is 1. The zero-order valence-corrected chi connectivity index (χ0v) is 27.0. The Labute approximate surface area is 259 Å². The van der Waals surface area contributed by atoms with E-state index >= 15 is 0 Å². The summed E-state index contributed by atoms with van der Waals surface area (Å²) < 4.78 is 11.0. The highest BCUT2D eigenvalue weighted by atomic mass is 35.5. The lowest BCUT2D eigenvalue weighted by atomic mass is 9.98. The summed E-state index contributed by atoms with van der Waals surface area (Å²) in [5, 5.41) is 3.47. The highest BCUT2D eigenvalue weighted by molar-refractivity contribution is 6.32.